The van der Waals surface area contributed by atoms with E-state index in [-0.39, 0.29) is 16.8 Å². The molecule has 6 heteroatoms. The number of methoxy groups -OCH3 is 1. The minimum absolute atomic E-state index is 0.0465. The molecule has 5 rings (SSSR count). The molecular weight excluding hydrogens is 500 g/mol. The Hall–Kier alpha value is -4.58. The molecule has 1 aliphatic heterocycles. The number of rotatable bonds is 8. The van der Waals surface area contributed by atoms with Gasteiger partial charge >= 0.3 is 0 Å². The van der Waals surface area contributed by atoms with Crippen LogP contribution in [0.4, 0.5) is 0 Å². The van der Waals surface area contributed by atoms with E-state index in [0.29, 0.717) is 13.0 Å². The van der Waals surface area contributed by atoms with Crippen LogP contribution in [0.1, 0.15) is 49.1 Å². The number of hydrogen-bond donors (Lipinski definition) is 2. The first-order valence-electron chi connectivity index (χ1n) is 13.4. The van der Waals surface area contributed by atoms with Crippen molar-refractivity contribution >= 4 is 28.7 Å². The molecule has 1 aliphatic rings. The highest BCUT2D eigenvalue weighted by Crippen LogP contribution is 2.39. The van der Waals surface area contributed by atoms with E-state index in [4.69, 9.17) is 4.74 Å². The Morgan fingerprint density at radius 1 is 1.05 bits per heavy atom. The quantitative estimate of drug-likeness (QED) is 0.247. The highest BCUT2D eigenvalue weighted by Gasteiger charge is 2.42. The van der Waals surface area contributed by atoms with Gasteiger partial charge in [0.15, 0.2) is 11.5 Å². The number of aromatic nitrogens is 1. The fourth-order valence-electron chi connectivity index (χ4n) is 5.21. The molecule has 3 aromatic carbocycles. The summed E-state index contributed by atoms with van der Waals surface area (Å²) < 4.78 is 5.40. The Balaban J connectivity index is 1.49. The lowest BCUT2D eigenvalue weighted by Gasteiger charge is -2.27. The minimum Gasteiger partial charge on any atom is -0.503 e. The number of nitrogens with one attached hydrogen (secondary N) is 1. The Labute approximate surface area is 234 Å². The van der Waals surface area contributed by atoms with Crippen molar-refractivity contribution in [2.24, 2.45) is 0 Å². The standard InChI is InChI=1S/C34H34N2O4/c1-34(2,3)25-13-11-23(12-14-25)31-30(29(37)17-10-22-8-6-5-7-9-22)32(38)33(39)36(31)19-18-24-21-35-28-16-15-26(40-4)20-27(24)28/h5-17,20-21,31,35,38H,18-19H2,1-4H3/b17-10+. The normalized spacial score (nSPS) is 15.9. The van der Waals surface area contributed by atoms with Crippen LogP contribution < -0.4 is 4.74 Å². The number of allylic oxidation sites excluding steroid dienone is 1. The van der Waals surface area contributed by atoms with Gasteiger partial charge in [0.25, 0.3) is 5.91 Å². The molecule has 1 amide bonds. The summed E-state index contributed by atoms with van der Waals surface area (Å²) in [5, 5.41) is 12.0. The van der Waals surface area contributed by atoms with Gasteiger partial charge in [0.2, 0.25) is 0 Å². The third kappa shape index (κ3) is 5.30. The number of fused-ring (bicyclic) bond motifs is 1. The third-order valence-electron chi connectivity index (χ3n) is 7.48. The first kappa shape index (κ1) is 27.0. The van der Waals surface area contributed by atoms with E-state index in [1.165, 1.54) is 6.08 Å². The maximum absolute atomic E-state index is 13.5. The molecule has 204 valence electrons. The van der Waals surface area contributed by atoms with Crippen molar-refractivity contribution in [2.45, 2.75) is 38.6 Å². The van der Waals surface area contributed by atoms with Gasteiger partial charge in [-0.2, -0.15) is 0 Å². The van der Waals surface area contributed by atoms with Crippen LogP contribution >= 0.6 is 0 Å². The smallest absolute Gasteiger partial charge is 0.290 e. The molecule has 0 bridgehead atoms. The van der Waals surface area contributed by atoms with E-state index in [2.05, 4.69) is 25.8 Å². The zero-order chi connectivity index (χ0) is 28.4. The summed E-state index contributed by atoms with van der Waals surface area (Å²) in [5.41, 5.74) is 4.83. The fourth-order valence-corrected chi connectivity index (χ4v) is 5.21. The first-order chi connectivity index (χ1) is 19.2. The number of ether oxygens (including phenoxy) is 1. The van der Waals surface area contributed by atoms with Crippen molar-refractivity contribution < 1.29 is 19.4 Å². The molecule has 40 heavy (non-hydrogen) atoms. The van der Waals surface area contributed by atoms with Crippen LogP contribution in [0.15, 0.2) is 96.4 Å². The summed E-state index contributed by atoms with van der Waals surface area (Å²) in [7, 11) is 1.63. The van der Waals surface area contributed by atoms with E-state index < -0.39 is 17.7 Å². The number of carbonyl (C=O) groups excluding carboxylic acids is 2. The van der Waals surface area contributed by atoms with E-state index in [9.17, 15) is 14.7 Å². The average molecular weight is 535 g/mol. The van der Waals surface area contributed by atoms with E-state index in [1.807, 2.05) is 79.0 Å². The van der Waals surface area contributed by atoms with E-state index in [0.717, 1.165) is 38.9 Å². The van der Waals surface area contributed by atoms with E-state index >= 15 is 0 Å². The van der Waals surface area contributed by atoms with Crippen LogP contribution in [0.2, 0.25) is 0 Å². The van der Waals surface area contributed by atoms with Crippen LogP contribution in [-0.4, -0.2) is 40.3 Å². The van der Waals surface area contributed by atoms with Crippen molar-refractivity contribution in [2.75, 3.05) is 13.7 Å². The molecule has 1 atom stereocenters. The summed E-state index contributed by atoms with van der Waals surface area (Å²) in [4.78, 5) is 31.8. The highest BCUT2D eigenvalue weighted by molar-refractivity contribution is 6.14. The summed E-state index contributed by atoms with van der Waals surface area (Å²) >= 11 is 0. The van der Waals surface area contributed by atoms with Gasteiger partial charge in [-0.15, -0.1) is 0 Å². The molecule has 0 fully saturated rings. The number of H-pyrrole nitrogens is 1. The lowest BCUT2D eigenvalue weighted by Crippen LogP contribution is -2.33. The van der Waals surface area contributed by atoms with Crippen LogP contribution in [0, 0.1) is 0 Å². The molecule has 0 aliphatic carbocycles. The van der Waals surface area contributed by atoms with Gasteiger partial charge in [0, 0.05) is 23.6 Å². The maximum atomic E-state index is 13.5. The molecule has 0 radical (unpaired) electrons. The zero-order valence-electron chi connectivity index (χ0n) is 23.3. The lowest BCUT2D eigenvalue weighted by molar-refractivity contribution is -0.129. The molecule has 0 saturated carbocycles. The fraction of sp³-hybridized carbons (Fsp3) is 0.235. The van der Waals surface area contributed by atoms with Gasteiger partial charge in [-0.25, -0.2) is 0 Å². The Morgan fingerprint density at radius 3 is 2.45 bits per heavy atom. The summed E-state index contributed by atoms with van der Waals surface area (Å²) in [6.45, 7) is 6.73. The number of benzene rings is 3. The number of aromatic amines is 1. The van der Waals surface area contributed by atoms with Crippen LogP contribution in [0.5, 0.6) is 5.75 Å². The number of aliphatic hydroxyl groups excluding tert-OH is 1. The second-order valence-corrected chi connectivity index (χ2v) is 11.1. The second-order valence-electron chi connectivity index (χ2n) is 11.1. The number of carbonyl (C=O) groups is 2. The molecule has 0 saturated heterocycles. The molecule has 2 N–H and O–H groups in total. The highest BCUT2D eigenvalue weighted by atomic mass is 16.5. The molecule has 0 spiro atoms. The first-order valence-corrected chi connectivity index (χ1v) is 13.4. The van der Waals surface area contributed by atoms with Crippen molar-refractivity contribution in [1.82, 2.24) is 9.88 Å². The van der Waals surface area contributed by atoms with Gasteiger partial charge in [-0.05, 0) is 58.4 Å². The van der Waals surface area contributed by atoms with Gasteiger partial charge < -0.3 is 19.7 Å². The second kappa shape index (κ2) is 10.9. The molecule has 1 unspecified atom stereocenters. The number of aliphatic hydroxyl groups is 1. The van der Waals surface area contributed by atoms with Gasteiger partial charge in [-0.1, -0.05) is 81.4 Å². The van der Waals surface area contributed by atoms with Crippen LogP contribution in [0.25, 0.3) is 17.0 Å². The molecule has 2 heterocycles. The summed E-state index contributed by atoms with van der Waals surface area (Å²) in [6, 6.07) is 22.6. The Morgan fingerprint density at radius 2 is 1.77 bits per heavy atom. The van der Waals surface area contributed by atoms with Crippen molar-refractivity contribution in [3.05, 3.63) is 119 Å². The number of ketones is 1. The molecular formula is C34H34N2O4. The average Bonchev–Trinajstić information content (AvgIpc) is 3.47. The predicted molar refractivity (Wildman–Crippen MR) is 158 cm³/mol. The number of nitrogens with zero attached hydrogens (tertiary/aromatic N) is 1. The molecule has 1 aromatic heterocycles. The largest absolute Gasteiger partial charge is 0.503 e. The van der Waals surface area contributed by atoms with Crippen molar-refractivity contribution in [3.8, 4) is 5.75 Å². The monoisotopic (exact) mass is 534 g/mol. The molecule has 4 aromatic rings. The topological polar surface area (TPSA) is 82.6 Å². The summed E-state index contributed by atoms with van der Waals surface area (Å²) in [5.74, 6) is -0.675. The van der Waals surface area contributed by atoms with Gasteiger partial charge in [0.05, 0.1) is 18.7 Å². The lowest BCUT2D eigenvalue weighted by atomic mass is 9.85. The maximum Gasteiger partial charge on any atom is 0.290 e. The van der Waals surface area contributed by atoms with Gasteiger partial charge in [-0.3, -0.25) is 9.59 Å². The summed E-state index contributed by atoms with van der Waals surface area (Å²) in [6.07, 6.45) is 5.60. The Bertz CT molecular complexity index is 1610. The predicted octanol–water partition coefficient (Wildman–Crippen LogP) is 6.69. The SMILES string of the molecule is COc1ccc2[nH]cc(CCN3C(=O)C(O)=C(C(=O)/C=C/c4ccccc4)C3c3ccc(C(C)(C)C)cc3)c2c1. The van der Waals surface area contributed by atoms with Crippen LogP contribution in [0.3, 0.4) is 0 Å². The third-order valence-corrected chi connectivity index (χ3v) is 7.48. The van der Waals surface area contributed by atoms with Gasteiger partial charge in [0.1, 0.15) is 5.75 Å². The van der Waals surface area contributed by atoms with Crippen molar-refractivity contribution in [1.29, 1.82) is 0 Å². The molecule has 6 nitrogen and oxygen atoms in total. The van der Waals surface area contributed by atoms with Crippen molar-refractivity contribution in [3.63, 3.8) is 0 Å². The van der Waals surface area contributed by atoms with Crippen LogP contribution in [-0.2, 0) is 21.4 Å². The minimum atomic E-state index is -0.700. The number of amides is 1. The Kier molecular flexibility index (Phi) is 7.35. The van der Waals surface area contributed by atoms with E-state index in [1.54, 1.807) is 18.1 Å². The zero-order valence-corrected chi connectivity index (χ0v) is 23.3. The number of hydrogen-bond acceptors (Lipinski definition) is 4.